The second-order valence-corrected chi connectivity index (χ2v) is 16.7. The van der Waals surface area contributed by atoms with Crippen molar-refractivity contribution in [2.75, 3.05) is 19.6 Å². The van der Waals surface area contributed by atoms with Crippen molar-refractivity contribution in [3.8, 4) is 11.1 Å². The van der Waals surface area contributed by atoms with E-state index in [1.807, 2.05) is 12.1 Å². The summed E-state index contributed by atoms with van der Waals surface area (Å²) in [7, 11) is 0. The second kappa shape index (κ2) is 15.4. The third-order valence-electron chi connectivity index (χ3n) is 12.9. The predicted molar refractivity (Wildman–Crippen MR) is 201 cm³/mol. The Bertz CT molecular complexity index is 1580. The first-order valence-corrected chi connectivity index (χ1v) is 19.9. The zero-order valence-corrected chi connectivity index (χ0v) is 30.4. The largest absolute Gasteiger partial charge is 0.392 e. The van der Waals surface area contributed by atoms with E-state index in [2.05, 4.69) is 83.1 Å². The van der Waals surface area contributed by atoms with Gasteiger partial charge >= 0.3 is 6.03 Å². The molecule has 0 aromatic heterocycles. The molecule has 2 amide bonds. The highest BCUT2D eigenvalue weighted by molar-refractivity contribution is 5.76. The lowest BCUT2D eigenvalue weighted by Gasteiger charge is -2.56. The van der Waals surface area contributed by atoms with Crippen molar-refractivity contribution in [1.82, 2.24) is 15.5 Å². The number of aliphatic hydroxyl groups excluding tert-OH is 1. The number of ether oxygens (including phenoxy) is 2. The molecule has 9 rings (SSSR count). The van der Waals surface area contributed by atoms with Crippen molar-refractivity contribution in [2.45, 2.75) is 115 Å². The van der Waals surface area contributed by atoms with Gasteiger partial charge in [0.05, 0.1) is 18.8 Å². The number of hydrogen-bond acceptors (Lipinski definition) is 5. The maximum atomic E-state index is 13.3. The monoisotopic (exact) mass is 691 g/mol. The molecular formula is C44H57N3O4. The fourth-order valence-electron chi connectivity index (χ4n) is 10.6. The molecule has 7 heteroatoms. The first-order chi connectivity index (χ1) is 24.9. The minimum absolute atomic E-state index is 0.00256. The fraction of sp³-hybridized carbons (Fsp3) is 0.568. The minimum atomic E-state index is -0.484. The molecule has 3 aromatic rings. The molecule has 0 radical (unpaired) electrons. The number of amides is 2. The van der Waals surface area contributed by atoms with Gasteiger partial charge in [0, 0.05) is 30.1 Å². The van der Waals surface area contributed by atoms with E-state index in [0.29, 0.717) is 6.54 Å². The summed E-state index contributed by atoms with van der Waals surface area (Å²) < 4.78 is 13.6. The quantitative estimate of drug-likeness (QED) is 0.209. The molecule has 0 unspecified atom stereocenters. The van der Waals surface area contributed by atoms with E-state index in [4.69, 9.17) is 9.47 Å². The van der Waals surface area contributed by atoms with Crippen LogP contribution in [0.25, 0.3) is 11.1 Å². The van der Waals surface area contributed by atoms with E-state index in [1.165, 1.54) is 51.4 Å². The number of carbonyl (C=O) groups is 1. The number of aliphatic hydroxyl groups is 1. The number of carbonyl (C=O) groups excluding carboxylic acids is 1. The summed E-state index contributed by atoms with van der Waals surface area (Å²) in [5.74, 6) is 2.57. The maximum Gasteiger partial charge on any atom is 0.315 e. The summed E-state index contributed by atoms with van der Waals surface area (Å²) in [5.41, 5.74) is 6.36. The number of urea groups is 1. The van der Waals surface area contributed by atoms with Gasteiger partial charge in [-0.2, -0.15) is 0 Å². The average Bonchev–Trinajstić information content (AvgIpc) is 3.12. The van der Waals surface area contributed by atoms with Crippen molar-refractivity contribution in [1.29, 1.82) is 0 Å². The number of nitrogens with one attached hydrogen (secondary N) is 2. The molecule has 2 aliphatic heterocycles. The van der Waals surface area contributed by atoms with Crippen molar-refractivity contribution in [3.63, 3.8) is 0 Å². The fourth-order valence-corrected chi connectivity index (χ4v) is 10.6. The van der Waals surface area contributed by atoms with E-state index in [0.717, 1.165) is 90.0 Å². The van der Waals surface area contributed by atoms with Crippen LogP contribution in [0.5, 0.6) is 0 Å². The molecule has 2 saturated heterocycles. The van der Waals surface area contributed by atoms with Gasteiger partial charge in [0.1, 0.15) is 0 Å². The molecule has 51 heavy (non-hydrogen) atoms. The molecule has 272 valence electrons. The first kappa shape index (κ1) is 34.8. The van der Waals surface area contributed by atoms with Gasteiger partial charge in [-0.3, -0.25) is 0 Å². The molecular weight excluding hydrogens is 635 g/mol. The Labute approximate surface area is 304 Å². The summed E-state index contributed by atoms with van der Waals surface area (Å²) >= 11 is 0. The number of likely N-dealkylation sites (tertiary alicyclic amines) is 1. The van der Waals surface area contributed by atoms with Crippen LogP contribution in [0.1, 0.15) is 112 Å². The topological polar surface area (TPSA) is 83.1 Å². The Hall–Kier alpha value is -3.23. The van der Waals surface area contributed by atoms with Gasteiger partial charge in [-0.05, 0) is 110 Å². The van der Waals surface area contributed by atoms with Crippen molar-refractivity contribution in [2.24, 2.45) is 23.7 Å². The van der Waals surface area contributed by atoms with Gasteiger partial charge in [-0.1, -0.05) is 99.0 Å². The van der Waals surface area contributed by atoms with Gasteiger partial charge in [-0.25, -0.2) is 4.79 Å². The molecule has 3 aromatic carbocycles. The van der Waals surface area contributed by atoms with Crippen molar-refractivity contribution >= 4 is 6.03 Å². The van der Waals surface area contributed by atoms with Crippen LogP contribution in [0.3, 0.4) is 0 Å². The van der Waals surface area contributed by atoms with Crippen LogP contribution in [0.2, 0.25) is 0 Å². The summed E-state index contributed by atoms with van der Waals surface area (Å²) in [6.45, 7) is 5.93. The normalized spacial score (nSPS) is 32.2. The highest BCUT2D eigenvalue weighted by atomic mass is 16.7. The highest BCUT2D eigenvalue weighted by Gasteiger charge is 2.51. The lowest BCUT2D eigenvalue weighted by atomic mass is 9.53. The Kier molecular flexibility index (Phi) is 10.5. The Balaban J connectivity index is 0.961. The van der Waals surface area contributed by atoms with Gasteiger partial charge in [0.25, 0.3) is 0 Å². The zero-order valence-electron chi connectivity index (χ0n) is 30.4. The van der Waals surface area contributed by atoms with Crippen LogP contribution in [0, 0.1) is 23.7 Å². The molecule has 4 atom stereocenters. The molecule has 4 aliphatic carbocycles. The molecule has 4 bridgehead atoms. The van der Waals surface area contributed by atoms with E-state index in [-0.39, 0.29) is 36.3 Å². The molecule has 2 heterocycles. The maximum absolute atomic E-state index is 13.3. The minimum Gasteiger partial charge on any atom is -0.392 e. The third-order valence-corrected chi connectivity index (χ3v) is 12.9. The summed E-state index contributed by atoms with van der Waals surface area (Å²) in [6.07, 6.45) is 13.4. The van der Waals surface area contributed by atoms with Crippen LogP contribution in [-0.4, -0.2) is 47.3 Å². The lowest BCUT2D eigenvalue weighted by Crippen LogP contribution is -2.61. The van der Waals surface area contributed by atoms with Crippen molar-refractivity contribution in [3.05, 3.63) is 95.1 Å². The van der Waals surface area contributed by atoms with Crippen LogP contribution in [0.4, 0.5) is 4.79 Å². The number of rotatable bonds is 9. The van der Waals surface area contributed by atoms with Crippen LogP contribution in [-0.2, 0) is 22.6 Å². The smallest absolute Gasteiger partial charge is 0.315 e. The summed E-state index contributed by atoms with van der Waals surface area (Å²) in [5, 5.41) is 16.3. The van der Waals surface area contributed by atoms with Crippen LogP contribution in [0.15, 0.2) is 72.8 Å². The molecule has 3 N–H and O–H groups in total. The van der Waals surface area contributed by atoms with E-state index < -0.39 is 6.29 Å². The van der Waals surface area contributed by atoms with E-state index >= 15 is 0 Å². The molecule has 7 nitrogen and oxygen atoms in total. The average molecular weight is 692 g/mol. The highest BCUT2D eigenvalue weighted by Crippen LogP contribution is 2.55. The summed E-state index contributed by atoms with van der Waals surface area (Å²) in [4.78, 5) is 15.9. The number of nitrogens with zero attached hydrogens (tertiary/aromatic N) is 1. The van der Waals surface area contributed by atoms with Crippen LogP contribution < -0.4 is 10.6 Å². The van der Waals surface area contributed by atoms with Crippen molar-refractivity contribution < 1.29 is 19.4 Å². The predicted octanol–water partition coefficient (Wildman–Crippen LogP) is 8.67. The van der Waals surface area contributed by atoms with Crippen LogP contribution >= 0.6 is 0 Å². The standard InChI is InChI=1S/C44H57N3O4/c1-30-40(28-47-19-7-3-2-4-8-20-47)50-42(51-41(30)36-13-11-31(29-48)12-14-36)37-17-15-35(16-18-37)39-10-6-5-9-38(39)27-45-43(49)46-44-24-32-21-33(25-44)23-34(22-32)26-44/h5-6,9-18,30,32-34,40-42,48H,2-4,7-8,19-29H2,1H3,(H2,45,46,49)/t30-,32?,33?,34?,40+,41+,42+,44?/m0/s1. The Morgan fingerprint density at radius 2 is 1.43 bits per heavy atom. The number of hydrogen-bond donors (Lipinski definition) is 3. The third kappa shape index (κ3) is 7.92. The Morgan fingerprint density at radius 1 is 0.804 bits per heavy atom. The Morgan fingerprint density at radius 3 is 2.10 bits per heavy atom. The van der Waals surface area contributed by atoms with Gasteiger partial charge in [0.2, 0.25) is 0 Å². The van der Waals surface area contributed by atoms with Gasteiger partial charge in [-0.15, -0.1) is 0 Å². The molecule has 4 saturated carbocycles. The van der Waals surface area contributed by atoms with Gasteiger partial charge < -0.3 is 30.1 Å². The lowest BCUT2D eigenvalue weighted by molar-refractivity contribution is -0.276. The zero-order chi connectivity index (χ0) is 34.8. The molecule has 6 fully saturated rings. The van der Waals surface area contributed by atoms with Gasteiger partial charge in [0.15, 0.2) is 6.29 Å². The molecule has 6 aliphatic rings. The van der Waals surface area contributed by atoms with E-state index in [9.17, 15) is 9.90 Å². The number of benzene rings is 3. The molecule has 0 spiro atoms. The first-order valence-electron chi connectivity index (χ1n) is 19.9. The summed E-state index contributed by atoms with van der Waals surface area (Å²) in [6, 6.07) is 25.1. The second-order valence-electron chi connectivity index (χ2n) is 16.7. The van der Waals surface area contributed by atoms with E-state index in [1.54, 1.807) is 0 Å². The SMILES string of the molecule is C[C@H]1[C@@H](CN2CCCCCCC2)O[C@@H](c2ccc(-c3ccccc3CNC(=O)NC34CC5CC(CC(C5)C3)C4)cc2)O[C@H]1c1ccc(CO)cc1.